The average Bonchev–Trinajstić information content (AvgIpc) is 3.48. The van der Waals surface area contributed by atoms with Crippen molar-refractivity contribution in [3.05, 3.63) is 64.6 Å². The van der Waals surface area contributed by atoms with Crippen LogP contribution >= 0.6 is 11.6 Å². The molecule has 3 unspecified atom stereocenters. The van der Waals surface area contributed by atoms with Crippen LogP contribution in [-0.2, 0) is 19.0 Å². The number of cyclic esters (lactones) is 1. The number of H-pyrrole nitrogens is 1. The molecule has 2 aliphatic heterocycles. The standard InChI is InChI=1S/C29H30ClF2N5O6/c1-41-27(38)19-5-3-4-6-22(37-12-11-23(43-29(37)40)24-18(31)10-9-17(30)25(24)32)26-33-14-21(36-26)16-8-7-15(13-20(16)35-19)34-28(39)42-2/h7-10,13-14,19,22-23,35H,3-6,11-12H2,1-2H3,(H,33,36)(H,34,39). The Labute approximate surface area is 250 Å². The number of nitrogens with zero attached hydrogens (tertiary/aromatic N) is 2. The predicted octanol–water partition coefficient (Wildman–Crippen LogP) is 6.34. The zero-order valence-corrected chi connectivity index (χ0v) is 24.2. The average molecular weight is 618 g/mol. The van der Waals surface area contributed by atoms with Crippen LogP contribution in [0.4, 0.5) is 29.7 Å². The van der Waals surface area contributed by atoms with E-state index in [0.717, 1.165) is 12.1 Å². The van der Waals surface area contributed by atoms with Crippen LogP contribution in [0.15, 0.2) is 36.5 Å². The maximum absolute atomic E-state index is 14.7. The van der Waals surface area contributed by atoms with Gasteiger partial charge in [-0.2, -0.15) is 0 Å². The number of hydrogen-bond donors (Lipinski definition) is 3. The van der Waals surface area contributed by atoms with Gasteiger partial charge in [0, 0.05) is 29.9 Å². The Balaban J connectivity index is 1.46. The van der Waals surface area contributed by atoms with Gasteiger partial charge in [-0.25, -0.2) is 28.1 Å². The topological polar surface area (TPSA) is 135 Å². The number of rotatable bonds is 4. The summed E-state index contributed by atoms with van der Waals surface area (Å²) in [5.41, 5.74) is 1.82. The van der Waals surface area contributed by atoms with Gasteiger partial charge in [-0.3, -0.25) is 10.2 Å². The van der Waals surface area contributed by atoms with Crippen molar-refractivity contribution in [1.29, 1.82) is 0 Å². The first-order chi connectivity index (χ1) is 20.7. The summed E-state index contributed by atoms with van der Waals surface area (Å²) in [5, 5.41) is 5.59. The molecule has 3 aromatic rings. The molecule has 43 heavy (non-hydrogen) atoms. The van der Waals surface area contributed by atoms with Gasteiger partial charge in [-0.15, -0.1) is 0 Å². The highest BCUT2D eigenvalue weighted by atomic mass is 35.5. The summed E-state index contributed by atoms with van der Waals surface area (Å²) in [7, 11) is 2.56. The summed E-state index contributed by atoms with van der Waals surface area (Å²) < 4.78 is 44.4. The molecule has 3 atom stereocenters. The van der Waals surface area contributed by atoms with E-state index in [-0.39, 0.29) is 23.6 Å². The lowest BCUT2D eigenvalue weighted by molar-refractivity contribution is -0.141. The number of aromatic nitrogens is 2. The Morgan fingerprint density at radius 2 is 1.91 bits per heavy atom. The monoisotopic (exact) mass is 617 g/mol. The van der Waals surface area contributed by atoms with Gasteiger partial charge in [0.2, 0.25) is 0 Å². The number of aromatic amines is 1. The second kappa shape index (κ2) is 12.9. The van der Waals surface area contributed by atoms with Crippen molar-refractivity contribution in [3.8, 4) is 11.3 Å². The van der Waals surface area contributed by atoms with Crippen LogP contribution in [0, 0.1) is 11.6 Å². The van der Waals surface area contributed by atoms with E-state index in [2.05, 4.69) is 20.6 Å². The van der Waals surface area contributed by atoms with Crippen molar-refractivity contribution in [1.82, 2.24) is 14.9 Å². The third-order valence-corrected chi connectivity index (χ3v) is 7.87. The molecule has 228 valence electrons. The Hall–Kier alpha value is -4.39. The van der Waals surface area contributed by atoms with Gasteiger partial charge in [-0.05, 0) is 43.2 Å². The number of methoxy groups -OCH3 is 2. The highest BCUT2D eigenvalue weighted by Gasteiger charge is 2.37. The summed E-state index contributed by atoms with van der Waals surface area (Å²) in [6, 6.07) is 6.01. The van der Waals surface area contributed by atoms with Crippen molar-refractivity contribution >= 4 is 41.1 Å². The van der Waals surface area contributed by atoms with Gasteiger partial charge in [0.25, 0.3) is 0 Å². The largest absolute Gasteiger partial charge is 0.467 e. The first-order valence-electron chi connectivity index (χ1n) is 13.7. The molecule has 0 spiro atoms. The number of halogens is 3. The number of esters is 1. The molecule has 3 N–H and O–H groups in total. The van der Waals surface area contributed by atoms with Crippen molar-refractivity contribution in [2.75, 3.05) is 31.4 Å². The van der Waals surface area contributed by atoms with Gasteiger partial charge in [0.15, 0.2) is 5.82 Å². The molecule has 11 nitrogen and oxygen atoms in total. The SMILES string of the molecule is COC(=O)Nc1ccc2c(c1)NC(C(=O)OC)CCCCC(N1CCC(c3c(F)ccc(Cl)c3F)OC1=O)c1ncc-2[nH]1. The minimum Gasteiger partial charge on any atom is -0.467 e. The maximum atomic E-state index is 14.7. The number of carbonyl (C=O) groups excluding carboxylic acids is 3. The van der Waals surface area contributed by atoms with Gasteiger partial charge in [0.05, 0.1) is 42.7 Å². The zero-order chi connectivity index (χ0) is 30.7. The van der Waals surface area contributed by atoms with E-state index in [4.69, 9.17) is 25.8 Å². The normalized spacial score (nSPS) is 20.4. The minimum absolute atomic E-state index is 0.136. The van der Waals surface area contributed by atoms with E-state index in [9.17, 15) is 23.2 Å². The number of benzene rings is 2. The number of fused-ring (bicyclic) bond motifs is 4. The van der Waals surface area contributed by atoms with E-state index < -0.39 is 48.0 Å². The fourth-order valence-electron chi connectivity index (χ4n) is 5.41. The first kappa shape index (κ1) is 30.1. The van der Waals surface area contributed by atoms with E-state index >= 15 is 0 Å². The summed E-state index contributed by atoms with van der Waals surface area (Å²) in [5.74, 6) is -1.75. The highest BCUT2D eigenvalue weighted by Crippen LogP contribution is 2.38. The lowest BCUT2D eigenvalue weighted by Gasteiger charge is -2.36. The number of nitrogens with one attached hydrogen (secondary N) is 3. The van der Waals surface area contributed by atoms with Crippen molar-refractivity contribution in [2.24, 2.45) is 0 Å². The van der Waals surface area contributed by atoms with Gasteiger partial charge < -0.3 is 24.5 Å². The van der Waals surface area contributed by atoms with E-state index in [0.29, 0.717) is 54.1 Å². The minimum atomic E-state index is -1.13. The summed E-state index contributed by atoms with van der Waals surface area (Å²) in [4.78, 5) is 47.1. The lowest BCUT2D eigenvalue weighted by Crippen LogP contribution is -2.42. The van der Waals surface area contributed by atoms with E-state index in [1.165, 1.54) is 19.1 Å². The molecule has 2 amide bonds. The van der Waals surface area contributed by atoms with Crippen LogP contribution in [0.2, 0.25) is 5.02 Å². The highest BCUT2D eigenvalue weighted by molar-refractivity contribution is 6.30. The van der Waals surface area contributed by atoms with Crippen LogP contribution in [0.3, 0.4) is 0 Å². The van der Waals surface area contributed by atoms with Crippen LogP contribution in [0.1, 0.15) is 55.6 Å². The van der Waals surface area contributed by atoms with Crippen LogP contribution in [0.5, 0.6) is 0 Å². The fourth-order valence-corrected chi connectivity index (χ4v) is 5.58. The lowest BCUT2D eigenvalue weighted by atomic mass is 10.00. The van der Waals surface area contributed by atoms with Crippen LogP contribution in [0.25, 0.3) is 11.3 Å². The Morgan fingerprint density at radius 3 is 2.65 bits per heavy atom. The fraction of sp³-hybridized carbons (Fsp3) is 0.379. The molecule has 0 saturated carbocycles. The quantitative estimate of drug-likeness (QED) is 0.175. The third kappa shape index (κ3) is 6.36. The number of imidazole rings is 1. The van der Waals surface area contributed by atoms with Crippen LogP contribution < -0.4 is 10.6 Å². The van der Waals surface area contributed by atoms with Gasteiger partial charge in [-0.1, -0.05) is 24.4 Å². The molecule has 0 radical (unpaired) electrons. The molecular formula is C29H30ClF2N5O6. The van der Waals surface area contributed by atoms with E-state index in [1.807, 2.05) is 0 Å². The second-order valence-electron chi connectivity index (χ2n) is 10.2. The summed E-state index contributed by atoms with van der Waals surface area (Å²) in [6.45, 7) is 0.154. The number of amides is 2. The van der Waals surface area contributed by atoms with E-state index in [1.54, 1.807) is 24.4 Å². The molecule has 14 heteroatoms. The Bertz CT molecular complexity index is 1530. The molecule has 5 rings (SSSR count). The number of ether oxygens (including phenoxy) is 3. The van der Waals surface area contributed by atoms with Gasteiger partial charge in [0.1, 0.15) is 23.8 Å². The number of anilines is 2. The second-order valence-corrected chi connectivity index (χ2v) is 10.6. The summed E-state index contributed by atoms with van der Waals surface area (Å²) in [6.07, 6.45) is 1.33. The molecule has 1 aromatic heterocycles. The smallest absolute Gasteiger partial charge is 0.411 e. The molecule has 3 heterocycles. The van der Waals surface area contributed by atoms with Gasteiger partial charge >= 0.3 is 18.2 Å². The third-order valence-electron chi connectivity index (χ3n) is 7.58. The predicted molar refractivity (Wildman–Crippen MR) is 153 cm³/mol. The Kier molecular flexibility index (Phi) is 9.00. The molecule has 0 aliphatic carbocycles. The molecule has 2 aromatic carbocycles. The molecule has 2 bridgehead atoms. The summed E-state index contributed by atoms with van der Waals surface area (Å²) >= 11 is 5.85. The Morgan fingerprint density at radius 1 is 1.12 bits per heavy atom. The molecule has 1 saturated heterocycles. The number of carbonyl (C=O) groups is 3. The molecular weight excluding hydrogens is 588 g/mol. The van der Waals surface area contributed by atoms with Crippen molar-refractivity contribution in [3.63, 3.8) is 0 Å². The molecule has 2 aliphatic rings. The van der Waals surface area contributed by atoms with Crippen LogP contribution in [-0.4, -0.2) is 59.8 Å². The maximum Gasteiger partial charge on any atom is 0.411 e. The number of hydrogen-bond acceptors (Lipinski definition) is 8. The van der Waals surface area contributed by atoms with Crippen molar-refractivity contribution in [2.45, 2.75) is 50.3 Å². The molecule has 1 fully saturated rings. The zero-order valence-electron chi connectivity index (χ0n) is 23.4. The van der Waals surface area contributed by atoms with Crippen molar-refractivity contribution < 1.29 is 37.4 Å². The first-order valence-corrected chi connectivity index (χ1v) is 14.1.